The zero-order valence-corrected chi connectivity index (χ0v) is 25.3. The van der Waals surface area contributed by atoms with E-state index >= 15 is 0 Å². The molecule has 4 aromatic carbocycles. The Hall–Kier alpha value is -3.52. The predicted octanol–water partition coefficient (Wildman–Crippen LogP) is 13.0. The third kappa shape index (κ3) is 8.48. The Balaban J connectivity index is 0.000000579. The second-order valence-corrected chi connectivity index (χ2v) is 7.53. The Morgan fingerprint density at radius 1 is 0.462 bits per heavy atom. The molecule has 0 saturated carbocycles. The Morgan fingerprint density at radius 3 is 1.51 bits per heavy atom. The third-order valence-corrected chi connectivity index (χ3v) is 5.72. The van der Waals surface area contributed by atoms with Gasteiger partial charge in [0.05, 0.1) is 0 Å². The summed E-state index contributed by atoms with van der Waals surface area (Å²) in [4.78, 5) is 0. The molecule has 0 bridgehead atoms. The van der Waals surface area contributed by atoms with Crippen LogP contribution >= 0.6 is 0 Å². The van der Waals surface area contributed by atoms with E-state index in [2.05, 4.69) is 74.5 Å². The van der Waals surface area contributed by atoms with Crippen LogP contribution in [0.15, 0.2) is 93.8 Å². The van der Waals surface area contributed by atoms with E-state index in [0.29, 0.717) is 0 Å². The van der Waals surface area contributed by atoms with Gasteiger partial charge in [0.25, 0.3) is 0 Å². The first-order chi connectivity index (χ1) is 18.8. The van der Waals surface area contributed by atoms with E-state index in [9.17, 15) is 0 Å². The van der Waals surface area contributed by atoms with E-state index in [-0.39, 0.29) is 7.43 Å². The van der Waals surface area contributed by atoms with Gasteiger partial charge < -0.3 is 8.83 Å². The van der Waals surface area contributed by atoms with Crippen LogP contribution in [0.5, 0.6) is 0 Å². The molecule has 2 aromatic heterocycles. The van der Waals surface area contributed by atoms with Gasteiger partial charge in [-0.15, -0.1) is 0 Å². The van der Waals surface area contributed by atoms with Crippen LogP contribution in [0.2, 0.25) is 0 Å². The topological polar surface area (TPSA) is 26.3 Å². The van der Waals surface area contributed by atoms with Crippen molar-refractivity contribution in [2.75, 3.05) is 0 Å². The number of hydrogen-bond donors (Lipinski definition) is 0. The Kier molecular flexibility index (Phi) is 17.8. The number of rotatable bonds is 2. The Bertz CT molecular complexity index is 1460. The van der Waals surface area contributed by atoms with Crippen molar-refractivity contribution in [2.45, 2.75) is 89.5 Å². The van der Waals surface area contributed by atoms with E-state index in [1.165, 1.54) is 32.7 Å². The zero-order chi connectivity index (χ0) is 28.5. The highest BCUT2D eigenvalue weighted by Crippen LogP contribution is 2.31. The molecule has 6 rings (SSSR count). The summed E-state index contributed by atoms with van der Waals surface area (Å²) < 4.78 is 11.6. The lowest BCUT2D eigenvalue weighted by Crippen LogP contribution is -1.78. The summed E-state index contributed by atoms with van der Waals surface area (Å²) in [6.45, 7) is 20.3. The largest absolute Gasteiger partial charge is 0.456 e. The molecule has 39 heavy (non-hydrogen) atoms. The van der Waals surface area contributed by atoms with Gasteiger partial charge >= 0.3 is 0 Å². The molecule has 0 aliphatic heterocycles. The van der Waals surface area contributed by atoms with E-state index in [1.807, 2.05) is 79.7 Å². The number of para-hydroxylation sites is 3. The number of aryl methyl sites for hydroxylation is 2. The van der Waals surface area contributed by atoms with Crippen molar-refractivity contribution in [1.29, 1.82) is 0 Å². The number of hydrogen-bond acceptors (Lipinski definition) is 2. The molecule has 2 heterocycles. The number of furan rings is 2. The Morgan fingerprint density at radius 2 is 0.949 bits per heavy atom. The van der Waals surface area contributed by atoms with Gasteiger partial charge in [-0.1, -0.05) is 137 Å². The summed E-state index contributed by atoms with van der Waals surface area (Å²) in [5.41, 5.74) is 6.61. The molecule has 2 heteroatoms. The standard InChI is InChI=1S/2C14H12O.4C2H6.CH4/c1-2-10-6-5-8-12-11-7-3-4-9-13(11)15-14(10)12;1-2-10-7-8-14-12(9-10)11-5-3-4-6-13(11)15-14;4*1-2;/h2*3-9H,2H2,1H3;4*1-2H3;1H4. The molecule has 212 valence electrons. The summed E-state index contributed by atoms with van der Waals surface area (Å²) in [6, 6.07) is 29.2. The molecule has 0 spiro atoms. The van der Waals surface area contributed by atoms with E-state index < -0.39 is 0 Å². The SMILES string of the molecule is C.CC.CC.CC.CC.CCc1ccc2oc3ccccc3c2c1.CCc1cccc2c1oc1ccccc12. The first kappa shape index (κ1) is 35.5. The third-order valence-electron chi connectivity index (χ3n) is 5.72. The highest BCUT2D eigenvalue weighted by atomic mass is 16.3. The van der Waals surface area contributed by atoms with Crippen molar-refractivity contribution in [3.63, 3.8) is 0 Å². The van der Waals surface area contributed by atoms with Crippen LogP contribution < -0.4 is 0 Å². The van der Waals surface area contributed by atoms with Gasteiger partial charge in [-0.3, -0.25) is 0 Å². The summed E-state index contributed by atoms with van der Waals surface area (Å²) in [7, 11) is 0. The van der Waals surface area contributed by atoms with Gasteiger partial charge in [0.2, 0.25) is 0 Å². The van der Waals surface area contributed by atoms with Crippen LogP contribution in [0.4, 0.5) is 0 Å². The van der Waals surface area contributed by atoms with Crippen LogP contribution in [0.1, 0.15) is 87.8 Å². The van der Waals surface area contributed by atoms with E-state index in [0.717, 1.165) is 35.2 Å². The minimum Gasteiger partial charge on any atom is -0.456 e. The van der Waals surface area contributed by atoms with Crippen LogP contribution in [0, 0.1) is 0 Å². The molecule has 0 aliphatic rings. The normalized spacial score (nSPS) is 9.28. The van der Waals surface area contributed by atoms with Gasteiger partial charge in [-0.05, 0) is 48.2 Å². The molecule has 0 N–H and O–H groups in total. The lowest BCUT2D eigenvalue weighted by Gasteiger charge is -1.95. The molecule has 0 fully saturated rings. The van der Waals surface area contributed by atoms with E-state index in [1.54, 1.807) is 0 Å². The fourth-order valence-corrected chi connectivity index (χ4v) is 4.08. The Labute approximate surface area is 238 Å². The molecule has 0 unspecified atom stereocenters. The molecule has 0 aliphatic carbocycles. The van der Waals surface area contributed by atoms with Crippen molar-refractivity contribution in [1.82, 2.24) is 0 Å². The van der Waals surface area contributed by atoms with Crippen molar-refractivity contribution >= 4 is 43.9 Å². The highest BCUT2D eigenvalue weighted by molar-refractivity contribution is 6.06. The zero-order valence-electron chi connectivity index (χ0n) is 25.3. The second-order valence-electron chi connectivity index (χ2n) is 7.53. The van der Waals surface area contributed by atoms with Gasteiger partial charge in [-0.25, -0.2) is 0 Å². The summed E-state index contributed by atoms with van der Waals surface area (Å²) in [5.74, 6) is 0. The quantitative estimate of drug-likeness (QED) is 0.223. The molecule has 2 nitrogen and oxygen atoms in total. The van der Waals surface area contributed by atoms with Crippen molar-refractivity contribution in [3.05, 3.63) is 96.1 Å². The maximum Gasteiger partial charge on any atom is 0.138 e. The summed E-state index contributed by atoms with van der Waals surface area (Å²) in [5, 5.41) is 4.88. The average Bonchev–Trinajstić information content (AvgIpc) is 3.59. The molecule has 0 saturated heterocycles. The van der Waals surface area contributed by atoms with Crippen molar-refractivity contribution in [3.8, 4) is 0 Å². The first-order valence-electron chi connectivity index (χ1n) is 14.6. The molecular formula is C37H52O2. The van der Waals surface area contributed by atoms with E-state index in [4.69, 9.17) is 8.83 Å². The summed E-state index contributed by atoms with van der Waals surface area (Å²) in [6.07, 6.45) is 2.08. The molecule has 6 aromatic rings. The van der Waals surface area contributed by atoms with Crippen LogP contribution in [-0.2, 0) is 12.8 Å². The van der Waals surface area contributed by atoms with Gasteiger partial charge in [-0.2, -0.15) is 0 Å². The fourth-order valence-electron chi connectivity index (χ4n) is 4.08. The minimum atomic E-state index is 0. The lowest BCUT2D eigenvalue weighted by atomic mass is 10.1. The predicted molar refractivity (Wildman–Crippen MR) is 178 cm³/mol. The minimum absolute atomic E-state index is 0. The molecule has 0 amide bonds. The number of benzene rings is 4. The average molecular weight is 529 g/mol. The first-order valence-corrected chi connectivity index (χ1v) is 14.6. The van der Waals surface area contributed by atoms with Crippen molar-refractivity contribution < 1.29 is 8.83 Å². The van der Waals surface area contributed by atoms with Crippen LogP contribution in [-0.4, -0.2) is 0 Å². The number of fused-ring (bicyclic) bond motifs is 6. The van der Waals surface area contributed by atoms with Crippen LogP contribution in [0.3, 0.4) is 0 Å². The fraction of sp³-hybridized carbons (Fsp3) is 0.351. The molecule has 0 atom stereocenters. The van der Waals surface area contributed by atoms with Gasteiger partial charge in [0.15, 0.2) is 0 Å². The van der Waals surface area contributed by atoms with Gasteiger partial charge in [0, 0.05) is 21.5 Å². The maximum absolute atomic E-state index is 5.87. The van der Waals surface area contributed by atoms with Gasteiger partial charge in [0.1, 0.15) is 22.3 Å². The monoisotopic (exact) mass is 528 g/mol. The van der Waals surface area contributed by atoms with Crippen molar-refractivity contribution in [2.24, 2.45) is 0 Å². The highest BCUT2D eigenvalue weighted by Gasteiger charge is 2.08. The lowest BCUT2D eigenvalue weighted by molar-refractivity contribution is 0.663. The summed E-state index contributed by atoms with van der Waals surface area (Å²) >= 11 is 0. The van der Waals surface area contributed by atoms with Crippen LogP contribution in [0.25, 0.3) is 43.9 Å². The molecular weight excluding hydrogens is 476 g/mol. The molecule has 0 radical (unpaired) electrons. The maximum atomic E-state index is 5.87. The second kappa shape index (κ2) is 19.5. The smallest absolute Gasteiger partial charge is 0.138 e.